The molecule has 5 nitrogen and oxygen atoms in total. The van der Waals surface area contributed by atoms with E-state index in [-0.39, 0.29) is 11.8 Å². The Bertz CT molecular complexity index is 564. The van der Waals surface area contributed by atoms with Crippen LogP contribution < -0.4 is 10.5 Å². The van der Waals surface area contributed by atoms with Crippen molar-refractivity contribution < 1.29 is 13.2 Å². The van der Waals surface area contributed by atoms with Crippen molar-refractivity contribution in [3.05, 3.63) is 29.8 Å². The van der Waals surface area contributed by atoms with Crippen molar-refractivity contribution in [2.24, 2.45) is 11.7 Å². The van der Waals surface area contributed by atoms with Gasteiger partial charge in [-0.25, -0.2) is 12.7 Å². The molecule has 21 heavy (non-hydrogen) atoms. The van der Waals surface area contributed by atoms with E-state index in [0.29, 0.717) is 24.8 Å². The molecule has 0 aliphatic carbocycles. The zero-order chi connectivity index (χ0) is 15.5. The smallest absolute Gasteiger partial charge is 0.218 e. The summed E-state index contributed by atoms with van der Waals surface area (Å²) < 4.78 is 31.7. The van der Waals surface area contributed by atoms with E-state index >= 15 is 0 Å². The first-order chi connectivity index (χ1) is 9.92. The monoisotopic (exact) mass is 312 g/mol. The van der Waals surface area contributed by atoms with Gasteiger partial charge in [0.2, 0.25) is 10.0 Å². The topological polar surface area (TPSA) is 72.6 Å². The highest BCUT2D eigenvalue weighted by Gasteiger charge is 2.29. The summed E-state index contributed by atoms with van der Waals surface area (Å²) >= 11 is 0. The zero-order valence-electron chi connectivity index (χ0n) is 12.7. The largest absolute Gasteiger partial charge is 0.497 e. The average molecular weight is 312 g/mol. The highest BCUT2D eigenvalue weighted by molar-refractivity contribution is 7.88. The predicted molar refractivity (Wildman–Crippen MR) is 83.6 cm³/mol. The SMILES string of the molecule is COc1cccc(CS(=O)(=O)N2CCC(C(C)N)CC2)c1. The van der Waals surface area contributed by atoms with Crippen molar-refractivity contribution in [3.63, 3.8) is 0 Å². The maximum atomic E-state index is 12.5. The van der Waals surface area contributed by atoms with Crippen LogP contribution in [-0.4, -0.2) is 39.0 Å². The number of hydrogen-bond acceptors (Lipinski definition) is 4. The number of benzene rings is 1. The average Bonchev–Trinajstić information content (AvgIpc) is 2.47. The quantitative estimate of drug-likeness (QED) is 0.896. The Kier molecular flexibility index (Phi) is 5.24. The third-order valence-electron chi connectivity index (χ3n) is 4.12. The standard InChI is InChI=1S/C15H24N2O3S/c1-12(16)14-6-8-17(9-7-14)21(18,19)11-13-4-3-5-15(10-13)20-2/h3-5,10,12,14H,6-9,11,16H2,1-2H3. The molecule has 1 aliphatic heterocycles. The van der Waals surface area contributed by atoms with Crippen LogP contribution in [0.3, 0.4) is 0 Å². The highest BCUT2D eigenvalue weighted by atomic mass is 32.2. The fraction of sp³-hybridized carbons (Fsp3) is 0.600. The fourth-order valence-corrected chi connectivity index (χ4v) is 4.29. The van der Waals surface area contributed by atoms with E-state index in [1.54, 1.807) is 17.5 Å². The number of hydrogen-bond donors (Lipinski definition) is 1. The number of ether oxygens (including phenoxy) is 1. The summed E-state index contributed by atoms with van der Waals surface area (Å²) in [4.78, 5) is 0. The van der Waals surface area contributed by atoms with Gasteiger partial charge in [-0.2, -0.15) is 0 Å². The van der Waals surface area contributed by atoms with Crippen LogP contribution in [0.15, 0.2) is 24.3 Å². The zero-order valence-corrected chi connectivity index (χ0v) is 13.5. The van der Waals surface area contributed by atoms with Crippen LogP contribution in [0.2, 0.25) is 0 Å². The second-order valence-electron chi connectivity index (χ2n) is 5.70. The molecule has 1 fully saturated rings. The lowest BCUT2D eigenvalue weighted by Crippen LogP contribution is -2.42. The molecule has 2 rings (SSSR count). The maximum Gasteiger partial charge on any atom is 0.218 e. The van der Waals surface area contributed by atoms with E-state index in [0.717, 1.165) is 18.4 Å². The Morgan fingerprint density at radius 3 is 2.62 bits per heavy atom. The third-order valence-corrected chi connectivity index (χ3v) is 5.97. The first-order valence-corrected chi connectivity index (χ1v) is 8.89. The molecular formula is C15H24N2O3S. The lowest BCUT2D eigenvalue weighted by Gasteiger charge is -2.33. The molecule has 1 aromatic rings. The van der Waals surface area contributed by atoms with Crippen molar-refractivity contribution in [2.45, 2.75) is 31.6 Å². The predicted octanol–water partition coefficient (Wildman–Crippen LogP) is 1.58. The van der Waals surface area contributed by atoms with Gasteiger partial charge in [0, 0.05) is 19.1 Å². The molecule has 1 aromatic carbocycles. The molecule has 118 valence electrons. The van der Waals surface area contributed by atoms with Gasteiger partial charge in [0.05, 0.1) is 12.9 Å². The van der Waals surface area contributed by atoms with Gasteiger partial charge < -0.3 is 10.5 Å². The maximum absolute atomic E-state index is 12.5. The van der Waals surface area contributed by atoms with Crippen LogP contribution in [0, 0.1) is 5.92 Å². The van der Waals surface area contributed by atoms with E-state index in [1.165, 1.54) is 0 Å². The summed E-state index contributed by atoms with van der Waals surface area (Å²) in [5, 5.41) is 0. The van der Waals surface area contributed by atoms with Crippen LogP contribution in [0.4, 0.5) is 0 Å². The van der Waals surface area contributed by atoms with Crippen molar-refractivity contribution in [3.8, 4) is 5.75 Å². The number of methoxy groups -OCH3 is 1. The van der Waals surface area contributed by atoms with Crippen molar-refractivity contribution in [1.82, 2.24) is 4.31 Å². The molecule has 1 heterocycles. The Labute approximate surface area is 127 Å². The van der Waals surface area contributed by atoms with Gasteiger partial charge in [0.25, 0.3) is 0 Å². The normalized spacial score (nSPS) is 19.4. The molecule has 6 heteroatoms. The summed E-state index contributed by atoms with van der Waals surface area (Å²) in [7, 11) is -1.70. The number of sulfonamides is 1. The van der Waals surface area contributed by atoms with Gasteiger partial charge in [0.15, 0.2) is 0 Å². The van der Waals surface area contributed by atoms with E-state index in [1.807, 2.05) is 25.1 Å². The van der Waals surface area contributed by atoms with E-state index in [9.17, 15) is 8.42 Å². The first-order valence-electron chi connectivity index (χ1n) is 7.28. The number of nitrogens with zero attached hydrogens (tertiary/aromatic N) is 1. The van der Waals surface area contributed by atoms with Crippen LogP contribution in [0.25, 0.3) is 0 Å². The molecule has 2 N–H and O–H groups in total. The molecule has 0 saturated carbocycles. The first kappa shape index (κ1) is 16.3. The summed E-state index contributed by atoms with van der Waals surface area (Å²) in [6.07, 6.45) is 1.68. The molecule has 0 spiro atoms. The van der Waals surface area contributed by atoms with Gasteiger partial charge in [-0.1, -0.05) is 12.1 Å². The molecule has 0 amide bonds. The Morgan fingerprint density at radius 2 is 2.05 bits per heavy atom. The van der Waals surface area contributed by atoms with Gasteiger partial charge in [-0.05, 0) is 43.4 Å². The lowest BCUT2D eigenvalue weighted by molar-refractivity contribution is 0.250. The van der Waals surface area contributed by atoms with Crippen molar-refractivity contribution >= 4 is 10.0 Å². The number of piperidine rings is 1. The minimum absolute atomic E-state index is 0.0209. The molecule has 1 saturated heterocycles. The molecule has 0 aromatic heterocycles. The Hall–Kier alpha value is -1.11. The van der Waals surface area contributed by atoms with Crippen LogP contribution in [0.5, 0.6) is 5.75 Å². The molecule has 0 radical (unpaired) electrons. The van der Waals surface area contributed by atoms with Crippen LogP contribution in [0.1, 0.15) is 25.3 Å². The van der Waals surface area contributed by atoms with E-state index in [2.05, 4.69) is 0 Å². The second-order valence-corrected chi connectivity index (χ2v) is 7.67. The van der Waals surface area contributed by atoms with Crippen LogP contribution >= 0.6 is 0 Å². The minimum Gasteiger partial charge on any atom is -0.497 e. The summed E-state index contributed by atoms with van der Waals surface area (Å²) in [5.41, 5.74) is 6.65. The molecule has 0 bridgehead atoms. The Morgan fingerprint density at radius 1 is 1.38 bits per heavy atom. The second kappa shape index (κ2) is 6.77. The van der Waals surface area contributed by atoms with Gasteiger partial charge in [-0.3, -0.25) is 0 Å². The number of rotatable bonds is 5. The summed E-state index contributed by atoms with van der Waals surface area (Å²) in [5.74, 6) is 1.12. The molecule has 1 atom stereocenters. The van der Waals surface area contributed by atoms with Crippen molar-refractivity contribution in [2.75, 3.05) is 20.2 Å². The lowest BCUT2D eigenvalue weighted by atomic mass is 9.92. The van der Waals surface area contributed by atoms with Crippen LogP contribution in [-0.2, 0) is 15.8 Å². The molecule has 1 unspecified atom stereocenters. The van der Waals surface area contributed by atoms with Gasteiger partial charge in [-0.15, -0.1) is 0 Å². The van der Waals surface area contributed by atoms with E-state index in [4.69, 9.17) is 10.5 Å². The minimum atomic E-state index is -3.27. The molecule has 1 aliphatic rings. The molecular weight excluding hydrogens is 288 g/mol. The van der Waals surface area contributed by atoms with Crippen molar-refractivity contribution in [1.29, 1.82) is 0 Å². The van der Waals surface area contributed by atoms with E-state index < -0.39 is 10.0 Å². The Balaban J connectivity index is 2.02. The third kappa shape index (κ3) is 4.18. The highest BCUT2D eigenvalue weighted by Crippen LogP contribution is 2.24. The summed E-state index contributed by atoms with van der Waals surface area (Å²) in [6, 6.07) is 7.34. The fourth-order valence-electron chi connectivity index (χ4n) is 2.74. The van der Waals surface area contributed by atoms with Gasteiger partial charge >= 0.3 is 0 Å². The van der Waals surface area contributed by atoms with Gasteiger partial charge in [0.1, 0.15) is 5.75 Å². The summed E-state index contributed by atoms with van der Waals surface area (Å²) in [6.45, 7) is 3.13. The number of nitrogens with two attached hydrogens (primary N) is 1.